The van der Waals surface area contributed by atoms with Gasteiger partial charge >= 0.3 is 0 Å². The van der Waals surface area contributed by atoms with Crippen molar-refractivity contribution in [2.24, 2.45) is 35.3 Å². The summed E-state index contributed by atoms with van der Waals surface area (Å²) in [6, 6.07) is 0.187. The third kappa shape index (κ3) is 1.78. The van der Waals surface area contributed by atoms with E-state index in [9.17, 15) is 4.79 Å². The van der Waals surface area contributed by atoms with Crippen LogP contribution in [0.3, 0.4) is 0 Å². The molecule has 0 aliphatic heterocycles. The molecule has 0 saturated heterocycles. The lowest BCUT2D eigenvalue weighted by Crippen LogP contribution is -2.41. The van der Waals surface area contributed by atoms with Crippen LogP contribution in [0.25, 0.3) is 0 Å². The van der Waals surface area contributed by atoms with Crippen LogP contribution < -0.4 is 5.73 Å². The third-order valence-electron chi connectivity index (χ3n) is 5.37. The van der Waals surface area contributed by atoms with Gasteiger partial charge in [-0.1, -0.05) is 0 Å². The number of likely N-dealkylation sites (N-methyl/N-ethyl adjacent to an activating group) is 1. The second-order valence-electron chi connectivity index (χ2n) is 6.05. The van der Waals surface area contributed by atoms with Crippen molar-refractivity contribution in [3.63, 3.8) is 0 Å². The highest BCUT2D eigenvalue weighted by Crippen LogP contribution is 2.69. The third-order valence-corrected chi connectivity index (χ3v) is 5.37. The number of fused-ring (bicyclic) bond motifs is 5. The summed E-state index contributed by atoms with van der Waals surface area (Å²) in [5, 5.41) is 0. The molecule has 0 aromatic heterocycles. The van der Waals surface area contributed by atoms with E-state index in [2.05, 4.69) is 0 Å². The van der Waals surface area contributed by atoms with E-state index in [0.29, 0.717) is 18.4 Å². The maximum atomic E-state index is 12.3. The van der Waals surface area contributed by atoms with Gasteiger partial charge in [-0.3, -0.25) is 4.79 Å². The van der Waals surface area contributed by atoms with Gasteiger partial charge < -0.3 is 10.6 Å². The number of nitrogens with two attached hydrogens (primary N) is 1. The summed E-state index contributed by atoms with van der Waals surface area (Å²) in [5.41, 5.74) is 5.62. The van der Waals surface area contributed by atoms with Crippen molar-refractivity contribution in [2.45, 2.75) is 32.2 Å². The summed E-state index contributed by atoms with van der Waals surface area (Å²) in [7, 11) is 1.91. The minimum absolute atomic E-state index is 0. The molecule has 3 aliphatic carbocycles. The topological polar surface area (TPSA) is 46.3 Å². The first-order valence-corrected chi connectivity index (χ1v) is 6.62. The zero-order valence-corrected chi connectivity index (χ0v) is 11.5. The van der Waals surface area contributed by atoms with Gasteiger partial charge in [-0.15, -0.1) is 12.4 Å². The van der Waals surface area contributed by atoms with E-state index in [4.69, 9.17) is 5.73 Å². The van der Waals surface area contributed by atoms with Crippen LogP contribution in [0.5, 0.6) is 0 Å². The number of hydrogen-bond donors (Lipinski definition) is 1. The molecule has 3 nitrogen and oxygen atoms in total. The second kappa shape index (κ2) is 4.43. The standard InChI is InChI=1S/C13H22N2O.ClH/c1-7(6-14)15(2)13(16)12-10-8-3-4-9(5-8)11(10)12;/h7-12H,3-6,14H2,1-2H3;1H. The first-order chi connectivity index (χ1) is 7.65. The largest absolute Gasteiger partial charge is 0.342 e. The molecule has 3 fully saturated rings. The van der Waals surface area contributed by atoms with E-state index < -0.39 is 0 Å². The minimum atomic E-state index is 0. The Morgan fingerprint density at radius 1 is 1.35 bits per heavy atom. The maximum Gasteiger partial charge on any atom is 0.226 e. The molecule has 4 heteroatoms. The zero-order chi connectivity index (χ0) is 11.4. The van der Waals surface area contributed by atoms with Crippen LogP contribution in [-0.4, -0.2) is 30.4 Å². The Kier molecular flexibility index (Phi) is 3.43. The van der Waals surface area contributed by atoms with Crippen molar-refractivity contribution in [3.8, 4) is 0 Å². The number of carbonyl (C=O) groups is 1. The van der Waals surface area contributed by atoms with Gasteiger partial charge in [0, 0.05) is 25.6 Å². The van der Waals surface area contributed by atoms with E-state index in [1.165, 1.54) is 19.3 Å². The number of carbonyl (C=O) groups excluding carboxylic acids is 1. The first-order valence-electron chi connectivity index (χ1n) is 6.62. The Balaban J connectivity index is 0.00000108. The molecule has 0 aromatic rings. The van der Waals surface area contributed by atoms with E-state index >= 15 is 0 Å². The van der Waals surface area contributed by atoms with Crippen molar-refractivity contribution < 1.29 is 4.79 Å². The van der Waals surface area contributed by atoms with E-state index in [-0.39, 0.29) is 18.4 Å². The molecule has 3 saturated carbocycles. The molecule has 0 heterocycles. The van der Waals surface area contributed by atoms with Gasteiger partial charge in [-0.25, -0.2) is 0 Å². The monoisotopic (exact) mass is 258 g/mol. The fraction of sp³-hybridized carbons (Fsp3) is 0.923. The number of amides is 1. The van der Waals surface area contributed by atoms with Crippen molar-refractivity contribution >= 4 is 18.3 Å². The fourth-order valence-electron chi connectivity index (χ4n) is 4.27. The Labute approximate surface area is 110 Å². The molecule has 1 amide bonds. The van der Waals surface area contributed by atoms with Gasteiger partial charge in [-0.2, -0.15) is 0 Å². The van der Waals surface area contributed by atoms with Crippen LogP contribution in [0.4, 0.5) is 0 Å². The van der Waals surface area contributed by atoms with E-state index in [1.807, 2.05) is 18.9 Å². The molecule has 0 radical (unpaired) electrons. The molecule has 5 unspecified atom stereocenters. The number of nitrogens with zero attached hydrogens (tertiary/aromatic N) is 1. The SMILES string of the molecule is CC(CN)N(C)C(=O)C1C2C3CCC(C3)C12.Cl. The van der Waals surface area contributed by atoms with Crippen molar-refractivity contribution in [1.29, 1.82) is 0 Å². The molecule has 3 rings (SSSR count). The predicted octanol–water partition coefficient (Wildman–Crippen LogP) is 1.51. The van der Waals surface area contributed by atoms with E-state index in [0.717, 1.165) is 23.7 Å². The minimum Gasteiger partial charge on any atom is -0.342 e. The summed E-state index contributed by atoms with van der Waals surface area (Å²) >= 11 is 0. The lowest BCUT2D eigenvalue weighted by molar-refractivity contribution is -0.134. The maximum absolute atomic E-state index is 12.3. The zero-order valence-electron chi connectivity index (χ0n) is 10.6. The van der Waals surface area contributed by atoms with Crippen LogP contribution in [0, 0.1) is 29.6 Å². The van der Waals surface area contributed by atoms with Gasteiger partial charge in [-0.05, 0) is 49.9 Å². The molecule has 0 aromatic carbocycles. The summed E-state index contributed by atoms with van der Waals surface area (Å²) in [6.07, 6.45) is 4.17. The normalized spacial score (nSPS) is 42.6. The molecular weight excluding hydrogens is 236 g/mol. The summed E-state index contributed by atoms with van der Waals surface area (Å²) in [4.78, 5) is 14.2. The molecule has 98 valence electrons. The van der Waals surface area contributed by atoms with Gasteiger partial charge in [0.1, 0.15) is 0 Å². The van der Waals surface area contributed by atoms with Crippen LogP contribution in [-0.2, 0) is 4.79 Å². The highest BCUT2D eigenvalue weighted by atomic mass is 35.5. The van der Waals surface area contributed by atoms with Crippen molar-refractivity contribution in [3.05, 3.63) is 0 Å². The van der Waals surface area contributed by atoms with Gasteiger partial charge in [0.25, 0.3) is 0 Å². The molecule has 2 N–H and O–H groups in total. The second-order valence-corrected chi connectivity index (χ2v) is 6.05. The molecule has 17 heavy (non-hydrogen) atoms. The summed E-state index contributed by atoms with van der Waals surface area (Å²) in [6.45, 7) is 2.60. The summed E-state index contributed by atoms with van der Waals surface area (Å²) in [5.74, 6) is 3.99. The number of halogens is 1. The molecule has 5 atom stereocenters. The van der Waals surface area contributed by atoms with Gasteiger partial charge in [0.15, 0.2) is 0 Å². The lowest BCUT2D eigenvalue weighted by atomic mass is 10.0. The molecular formula is C13H23ClN2O. The van der Waals surface area contributed by atoms with Gasteiger partial charge in [0.2, 0.25) is 5.91 Å². The number of hydrogen-bond acceptors (Lipinski definition) is 2. The highest BCUT2D eigenvalue weighted by Gasteiger charge is 2.67. The first kappa shape index (κ1) is 13.2. The molecule has 2 bridgehead atoms. The average Bonchev–Trinajstić information content (AvgIpc) is 2.74. The highest BCUT2D eigenvalue weighted by molar-refractivity contribution is 5.85. The lowest BCUT2D eigenvalue weighted by Gasteiger charge is -2.25. The van der Waals surface area contributed by atoms with Crippen LogP contribution in [0.1, 0.15) is 26.2 Å². The number of rotatable bonds is 3. The van der Waals surface area contributed by atoms with Crippen LogP contribution in [0.15, 0.2) is 0 Å². The van der Waals surface area contributed by atoms with Gasteiger partial charge in [0.05, 0.1) is 0 Å². The Morgan fingerprint density at radius 3 is 2.35 bits per heavy atom. The van der Waals surface area contributed by atoms with E-state index in [1.54, 1.807) is 0 Å². The van der Waals surface area contributed by atoms with Crippen molar-refractivity contribution in [2.75, 3.05) is 13.6 Å². The Morgan fingerprint density at radius 2 is 1.88 bits per heavy atom. The molecule has 0 spiro atoms. The molecule has 3 aliphatic rings. The quantitative estimate of drug-likeness (QED) is 0.834. The Hall–Kier alpha value is -0.280. The predicted molar refractivity (Wildman–Crippen MR) is 69.8 cm³/mol. The Bertz CT molecular complexity index is 307. The van der Waals surface area contributed by atoms with Crippen LogP contribution >= 0.6 is 12.4 Å². The summed E-state index contributed by atoms with van der Waals surface area (Å²) < 4.78 is 0. The van der Waals surface area contributed by atoms with Crippen LogP contribution in [0.2, 0.25) is 0 Å². The smallest absolute Gasteiger partial charge is 0.226 e. The van der Waals surface area contributed by atoms with Crippen molar-refractivity contribution in [1.82, 2.24) is 4.90 Å². The fourth-order valence-corrected chi connectivity index (χ4v) is 4.27. The average molecular weight is 259 g/mol.